The minimum Gasteiger partial charge on any atom is -0.346 e. The highest BCUT2D eigenvalue weighted by molar-refractivity contribution is 6.38. The van der Waals surface area contributed by atoms with Gasteiger partial charge in [0, 0.05) is 32.6 Å². The average Bonchev–Trinajstić information content (AvgIpc) is 3.30. The van der Waals surface area contributed by atoms with Crippen molar-refractivity contribution < 1.29 is 28.8 Å². The van der Waals surface area contributed by atoms with Crippen LogP contribution in [0, 0.1) is 34.5 Å². The molecule has 0 radical (unpaired) electrons. The summed E-state index contributed by atoms with van der Waals surface area (Å²) in [7, 11) is 0. The van der Waals surface area contributed by atoms with Gasteiger partial charge in [0.15, 0.2) is 0 Å². The Bertz CT molecular complexity index is 1270. The maximum atomic E-state index is 14.4. The zero-order chi connectivity index (χ0) is 35.6. The van der Waals surface area contributed by atoms with Gasteiger partial charge in [-0.05, 0) is 53.8 Å². The monoisotopic (exact) mass is 670 g/mol. The quantitative estimate of drug-likeness (QED) is 0.165. The summed E-state index contributed by atoms with van der Waals surface area (Å²) in [6, 6.07) is -3.60. The van der Waals surface area contributed by atoms with Gasteiger partial charge >= 0.3 is 6.03 Å². The highest BCUT2D eigenvalue weighted by Crippen LogP contribution is 2.65. The van der Waals surface area contributed by atoms with E-state index in [0.29, 0.717) is 32.5 Å². The van der Waals surface area contributed by atoms with Gasteiger partial charge in [0.25, 0.3) is 5.91 Å². The third kappa shape index (κ3) is 8.40. The Kier molecular flexibility index (Phi) is 11.7. The van der Waals surface area contributed by atoms with Crippen LogP contribution >= 0.6 is 0 Å². The molecule has 6 amide bonds. The molecule has 12 heteroatoms. The van der Waals surface area contributed by atoms with Crippen molar-refractivity contribution in [1.29, 1.82) is 0 Å². The molecule has 268 valence electrons. The molecule has 2 aliphatic carbocycles. The van der Waals surface area contributed by atoms with E-state index < -0.39 is 47.2 Å². The first-order chi connectivity index (χ1) is 22.5. The number of rotatable bonds is 14. The standard InChI is InChI=1S/C36H58N6O6/c1-9-16-37-32(46)29(44)24(18-22-13-12-14-22)38-31(45)28-27-23(36(27,7)8)19-42(28)33(47)30(35(4,5)6)40-34(48)39-25(21(2)3)20-41-17-11-10-15-26(41)43/h9,21-25,27-28,30H,1,10-20H2,2-8H3,(H,37,46)(H,38,45)(H2,39,40,48)/t23-,24?,25+,27-,28-,30+/m0/s1. The van der Waals surface area contributed by atoms with Crippen LogP contribution < -0.4 is 21.3 Å². The zero-order valence-corrected chi connectivity index (χ0v) is 30.0. The summed E-state index contributed by atoms with van der Waals surface area (Å²) in [6.07, 6.45) is 7.11. The molecule has 4 rings (SSSR count). The largest absolute Gasteiger partial charge is 0.346 e. The highest BCUT2D eigenvalue weighted by atomic mass is 16.2. The highest BCUT2D eigenvalue weighted by Gasteiger charge is 2.70. The SMILES string of the molecule is C=CCNC(=O)C(=O)C(CC1CCC1)NC(=O)[C@@H]1[C@@H]2[C@H](CN1C(=O)[C@@H](NC(=O)N[C@H](CN1CCCCC1=O)C(C)C)C(C)(C)C)C2(C)C. The molecule has 4 aliphatic rings. The molecule has 6 atom stereocenters. The number of urea groups is 1. The van der Waals surface area contributed by atoms with Crippen molar-refractivity contribution in [3.8, 4) is 0 Å². The lowest BCUT2D eigenvalue weighted by Gasteiger charge is -2.38. The summed E-state index contributed by atoms with van der Waals surface area (Å²) in [5.74, 6) is -1.91. The Morgan fingerprint density at radius 2 is 1.71 bits per heavy atom. The van der Waals surface area contributed by atoms with E-state index >= 15 is 0 Å². The molecule has 0 aromatic heterocycles. The summed E-state index contributed by atoms with van der Waals surface area (Å²) < 4.78 is 0. The molecule has 48 heavy (non-hydrogen) atoms. The van der Waals surface area contributed by atoms with Crippen LogP contribution in [0.25, 0.3) is 0 Å². The van der Waals surface area contributed by atoms with Crippen LogP contribution in [0.2, 0.25) is 0 Å². The molecule has 4 fully saturated rings. The van der Waals surface area contributed by atoms with Gasteiger partial charge in [-0.3, -0.25) is 24.0 Å². The second kappa shape index (κ2) is 15.0. The molecule has 12 nitrogen and oxygen atoms in total. The van der Waals surface area contributed by atoms with Crippen molar-refractivity contribution >= 4 is 35.4 Å². The number of hydrogen-bond donors (Lipinski definition) is 4. The van der Waals surface area contributed by atoms with E-state index in [1.165, 1.54) is 6.08 Å². The predicted octanol–water partition coefficient (Wildman–Crippen LogP) is 2.77. The number of ketones is 1. The number of amides is 6. The van der Waals surface area contributed by atoms with Crippen LogP contribution in [0.15, 0.2) is 12.7 Å². The summed E-state index contributed by atoms with van der Waals surface area (Å²) in [5, 5.41) is 11.4. The predicted molar refractivity (Wildman–Crippen MR) is 182 cm³/mol. The molecule has 0 aromatic rings. The lowest BCUT2D eigenvalue weighted by molar-refractivity contribution is -0.145. The summed E-state index contributed by atoms with van der Waals surface area (Å²) in [6.45, 7) is 18.9. The van der Waals surface area contributed by atoms with E-state index in [4.69, 9.17) is 0 Å². The fraction of sp³-hybridized carbons (Fsp3) is 0.778. The van der Waals surface area contributed by atoms with Gasteiger partial charge in [0.2, 0.25) is 23.5 Å². The van der Waals surface area contributed by atoms with Crippen molar-refractivity contribution in [3.05, 3.63) is 12.7 Å². The number of nitrogens with zero attached hydrogens (tertiary/aromatic N) is 2. The Morgan fingerprint density at radius 1 is 1.02 bits per heavy atom. The molecule has 0 aromatic carbocycles. The molecule has 0 bridgehead atoms. The summed E-state index contributed by atoms with van der Waals surface area (Å²) in [4.78, 5) is 83.7. The molecule has 0 spiro atoms. The van der Waals surface area contributed by atoms with Gasteiger partial charge in [-0.15, -0.1) is 6.58 Å². The smallest absolute Gasteiger partial charge is 0.315 e. The topological polar surface area (TPSA) is 157 Å². The lowest BCUT2D eigenvalue weighted by Crippen LogP contribution is -2.62. The van der Waals surface area contributed by atoms with Gasteiger partial charge in [-0.2, -0.15) is 0 Å². The first-order valence-corrected chi connectivity index (χ1v) is 17.9. The van der Waals surface area contributed by atoms with Gasteiger partial charge in [-0.25, -0.2) is 4.79 Å². The maximum absolute atomic E-state index is 14.4. The summed E-state index contributed by atoms with van der Waals surface area (Å²) >= 11 is 0. The van der Waals surface area contributed by atoms with Crippen molar-refractivity contribution in [2.24, 2.45) is 34.5 Å². The number of likely N-dealkylation sites (tertiary alicyclic amines) is 2. The van der Waals surface area contributed by atoms with Crippen molar-refractivity contribution in [1.82, 2.24) is 31.1 Å². The number of nitrogens with one attached hydrogen (secondary N) is 4. The van der Waals surface area contributed by atoms with Gasteiger partial charge in [0.1, 0.15) is 12.1 Å². The maximum Gasteiger partial charge on any atom is 0.315 e. The molecule has 2 saturated carbocycles. The zero-order valence-electron chi connectivity index (χ0n) is 30.0. The second-order valence-corrected chi connectivity index (χ2v) is 16.4. The molecular weight excluding hydrogens is 612 g/mol. The van der Waals surface area contributed by atoms with E-state index in [2.05, 4.69) is 41.7 Å². The number of fused-ring (bicyclic) bond motifs is 1. The fourth-order valence-electron chi connectivity index (χ4n) is 7.64. The van der Waals surface area contributed by atoms with Gasteiger partial charge < -0.3 is 31.1 Å². The number of carbonyl (C=O) groups excluding carboxylic acids is 6. The van der Waals surface area contributed by atoms with E-state index in [1.54, 1.807) is 9.80 Å². The van der Waals surface area contributed by atoms with Crippen LogP contribution in [0.1, 0.15) is 93.4 Å². The van der Waals surface area contributed by atoms with Crippen LogP contribution in [-0.4, -0.2) is 95.6 Å². The Labute approximate surface area is 285 Å². The third-order valence-corrected chi connectivity index (χ3v) is 11.2. The molecule has 1 unspecified atom stereocenters. The molecule has 2 aliphatic heterocycles. The van der Waals surface area contributed by atoms with E-state index in [-0.39, 0.29) is 53.5 Å². The molecule has 2 heterocycles. The number of Topliss-reactive ketones (excluding diaryl/α,β-unsaturated/α-hetero) is 1. The lowest BCUT2D eigenvalue weighted by atomic mass is 9.80. The number of piperidine rings is 2. The van der Waals surface area contributed by atoms with E-state index in [9.17, 15) is 28.8 Å². The normalized spacial score (nSPS) is 25.2. The summed E-state index contributed by atoms with van der Waals surface area (Å²) in [5.41, 5.74) is -0.869. The van der Waals surface area contributed by atoms with E-state index in [0.717, 1.165) is 32.1 Å². The fourth-order valence-corrected chi connectivity index (χ4v) is 7.64. The van der Waals surface area contributed by atoms with E-state index in [1.807, 2.05) is 34.6 Å². The van der Waals surface area contributed by atoms with Crippen LogP contribution in [-0.2, 0) is 24.0 Å². The third-order valence-electron chi connectivity index (χ3n) is 11.2. The minimum absolute atomic E-state index is 0.0460. The first kappa shape index (κ1) is 37.4. The molecule has 2 saturated heterocycles. The Balaban J connectivity index is 1.50. The van der Waals surface area contributed by atoms with Crippen molar-refractivity contribution in [2.75, 3.05) is 26.2 Å². The van der Waals surface area contributed by atoms with Crippen LogP contribution in [0.3, 0.4) is 0 Å². The van der Waals surface area contributed by atoms with Gasteiger partial charge in [0.05, 0.1) is 12.1 Å². The Morgan fingerprint density at radius 3 is 2.27 bits per heavy atom. The average molecular weight is 671 g/mol. The van der Waals surface area contributed by atoms with Crippen LogP contribution in [0.4, 0.5) is 4.79 Å². The van der Waals surface area contributed by atoms with Crippen molar-refractivity contribution in [2.45, 2.75) is 118 Å². The minimum atomic E-state index is -0.993. The molecular formula is C36H58N6O6. The Hall–Kier alpha value is -3.44. The number of carbonyl (C=O) groups is 6. The number of hydrogen-bond acceptors (Lipinski definition) is 6. The molecule has 4 N–H and O–H groups in total. The van der Waals surface area contributed by atoms with Crippen LogP contribution in [0.5, 0.6) is 0 Å². The first-order valence-electron chi connectivity index (χ1n) is 17.9. The van der Waals surface area contributed by atoms with Gasteiger partial charge in [-0.1, -0.05) is 73.8 Å². The van der Waals surface area contributed by atoms with Crippen molar-refractivity contribution in [3.63, 3.8) is 0 Å². The second-order valence-electron chi connectivity index (χ2n) is 16.4.